The Hall–Kier alpha value is -2.10. The number of Topliss-reactive ketones (excluding diaryl/α,β-unsaturated/α-hetero) is 2. The SMILES string of the molecule is C=C1OC(C)(C)C(=O)C(Cl)(c2cc(-c3ccc(Cl)cc3)ccc2C)C1=O. The fourth-order valence-corrected chi connectivity index (χ4v) is 3.83. The molecule has 0 spiro atoms. The van der Waals surface area contributed by atoms with E-state index in [2.05, 4.69) is 6.58 Å². The number of allylic oxidation sites excluding steroid dienone is 1. The van der Waals surface area contributed by atoms with Gasteiger partial charge in [0.1, 0.15) is 0 Å². The molecule has 26 heavy (non-hydrogen) atoms. The van der Waals surface area contributed by atoms with Crippen molar-refractivity contribution in [3.05, 3.63) is 71.0 Å². The summed E-state index contributed by atoms with van der Waals surface area (Å²) in [5, 5.41) is 0.628. The van der Waals surface area contributed by atoms with Crippen molar-refractivity contribution < 1.29 is 14.3 Å². The van der Waals surface area contributed by atoms with Crippen LogP contribution in [0.5, 0.6) is 0 Å². The van der Waals surface area contributed by atoms with Gasteiger partial charge in [0, 0.05) is 5.02 Å². The first-order valence-electron chi connectivity index (χ1n) is 8.11. The number of carbonyl (C=O) groups is 2. The van der Waals surface area contributed by atoms with Crippen molar-refractivity contribution >= 4 is 34.8 Å². The van der Waals surface area contributed by atoms with E-state index in [4.69, 9.17) is 27.9 Å². The van der Waals surface area contributed by atoms with Gasteiger partial charge in [-0.1, -0.05) is 54.0 Å². The maximum atomic E-state index is 13.0. The molecule has 0 amide bonds. The summed E-state index contributed by atoms with van der Waals surface area (Å²) in [5.41, 5.74) is 1.68. The summed E-state index contributed by atoms with van der Waals surface area (Å²) in [6.07, 6.45) is 0. The quantitative estimate of drug-likeness (QED) is 0.402. The maximum Gasteiger partial charge on any atom is 0.229 e. The first kappa shape index (κ1) is 18.7. The standard InChI is InChI=1S/C21H18Cl2O3/c1-12-5-6-15(14-7-9-16(22)10-8-14)11-17(12)21(23)18(24)13(2)26-20(3,4)19(21)25/h5-11H,2H2,1,3-4H3. The molecule has 3 rings (SSSR count). The second-order valence-corrected chi connectivity index (χ2v) is 7.89. The lowest BCUT2D eigenvalue weighted by Crippen LogP contribution is -2.56. The zero-order valence-electron chi connectivity index (χ0n) is 14.7. The highest BCUT2D eigenvalue weighted by atomic mass is 35.5. The van der Waals surface area contributed by atoms with Crippen LogP contribution >= 0.6 is 23.2 Å². The number of hydrogen-bond acceptors (Lipinski definition) is 3. The Labute approximate surface area is 162 Å². The molecule has 1 atom stereocenters. The summed E-state index contributed by atoms with van der Waals surface area (Å²) in [4.78, 5) is 24.0. The minimum absolute atomic E-state index is 0.110. The van der Waals surface area contributed by atoms with E-state index >= 15 is 0 Å². The number of ketones is 2. The van der Waals surface area contributed by atoms with E-state index in [1.54, 1.807) is 32.0 Å². The molecular formula is C21H18Cl2O3. The predicted octanol–water partition coefficient (Wildman–Crippen LogP) is 5.21. The third kappa shape index (κ3) is 2.85. The van der Waals surface area contributed by atoms with Crippen LogP contribution in [0.3, 0.4) is 0 Å². The average molecular weight is 389 g/mol. The molecule has 1 unspecified atom stereocenters. The molecule has 3 nitrogen and oxygen atoms in total. The number of rotatable bonds is 2. The number of aryl methyl sites for hydroxylation is 1. The van der Waals surface area contributed by atoms with E-state index in [0.717, 1.165) is 16.7 Å². The van der Waals surface area contributed by atoms with Crippen molar-refractivity contribution in [1.82, 2.24) is 0 Å². The lowest BCUT2D eigenvalue weighted by atomic mass is 9.77. The van der Waals surface area contributed by atoms with Gasteiger partial charge in [-0.25, -0.2) is 0 Å². The molecule has 2 aromatic carbocycles. The molecule has 0 aromatic heterocycles. The highest BCUT2D eigenvalue weighted by molar-refractivity contribution is 6.50. The van der Waals surface area contributed by atoms with Crippen molar-refractivity contribution in [1.29, 1.82) is 0 Å². The Bertz CT molecular complexity index is 929. The Morgan fingerprint density at radius 1 is 1.00 bits per heavy atom. The van der Waals surface area contributed by atoms with Crippen LogP contribution in [-0.2, 0) is 19.2 Å². The van der Waals surface area contributed by atoms with Gasteiger partial charge in [-0.3, -0.25) is 9.59 Å². The molecule has 0 bridgehead atoms. The monoisotopic (exact) mass is 388 g/mol. The Kier molecular flexibility index (Phi) is 4.50. The summed E-state index contributed by atoms with van der Waals surface area (Å²) in [6, 6.07) is 12.8. The van der Waals surface area contributed by atoms with Crippen LogP contribution in [0, 0.1) is 6.92 Å². The molecule has 1 fully saturated rings. The Balaban J connectivity index is 2.20. The van der Waals surface area contributed by atoms with E-state index in [1.807, 2.05) is 31.2 Å². The van der Waals surface area contributed by atoms with Crippen molar-refractivity contribution in [3.63, 3.8) is 0 Å². The van der Waals surface area contributed by atoms with Gasteiger partial charge in [0.15, 0.2) is 16.2 Å². The minimum atomic E-state index is -1.86. The molecule has 1 aliphatic heterocycles. The maximum absolute atomic E-state index is 13.0. The first-order chi connectivity index (χ1) is 12.1. The molecule has 1 saturated heterocycles. The largest absolute Gasteiger partial charge is 0.477 e. The van der Waals surface area contributed by atoms with Gasteiger partial charge in [0.2, 0.25) is 11.6 Å². The highest BCUT2D eigenvalue weighted by Crippen LogP contribution is 2.45. The van der Waals surface area contributed by atoms with Crippen LogP contribution in [0.4, 0.5) is 0 Å². The topological polar surface area (TPSA) is 43.4 Å². The predicted molar refractivity (Wildman–Crippen MR) is 103 cm³/mol. The molecule has 0 saturated carbocycles. The lowest BCUT2D eigenvalue weighted by Gasteiger charge is -2.40. The lowest BCUT2D eigenvalue weighted by molar-refractivity contribution is -0.152. The summed E-state index contributed by atoms with van der Waals surface area (Å²) in [5.74, 6) is -1.24. The number of alkyl halides is 1. The van der Waals surface area contributed by atoms with E-state index in [1.165, 1.54) is 0 Å². The zero-order valence-corrected chi connectivity index (χ0v) is 16.2. The average Bonchev–Trinajstić information content (AvgIpc) is 2.59. The van der Waals surface area contributed by atoms with Crippen LogP contribution in [0.15, 0.2) is 54.8 Å². The molecule has 1 heterocycles. The summed E-state index contributed by atoms with van der Waals surface area (Å²) < 4.78 is 5.39. The fourth-order valence-electron chi connectivity index (χ4n) is 3.17. The first-order valence-corrected chi connectivity index (χ1v) is 8.86. The number of carbonyl (C=O) groups excluding carboxylic acids is 2. The minimum Gasteiger partial charge on any atom is -0.477 e. The van der Waals surface area contributed by atoms with Crippen molar-refractivity contribution in [2.75, 3.05) is 0 Å². The number of benzene rings is 2. The van der Waals surface area contributed by atoms with Crippen LogP contribution in [0.25, 0.3) is 11.1 Å². The van der Waals surface area contributed by atoms with Crippen molar-refractivity contribution in [3.8, 4) is 11.1 Å². The Morgan fingerprint density at radius 2 is 1.58 bits per heavy atom. The van der Waals surface area contributed by atoms with Gasteiger partial charge in [-0.2, -0.15) is 0 Å². The molecule has 2 aromatic rings. The van der Waals surface area contributed by atoms with Gasteiger partial charge in [0.25, 0.3) is 0 Å². The van der Waals surface area contributed by atoms with Gasteiger partial charge >= 0.3 is 0 Å². The highest BCUT2D eigenvalue weighted by Gasteiger charge is 2.58. The van der Waals surface area contributed by atoms with E-state index in [9.17, 15) is 9.59 Å². The van der Waals surface area contributed by atoms with E-state index < -0.39 is 22.0 Å². The normalized spacial score (nSPS) is 22.3. The van der Waals surface area contributed by atoms with Crippen molar-refractivity contribution in [2.24, 2.45) is 0 Å². The molecule has 0 aliphatic carbocycles. The third-order valence-electron chi connectivity index (χ3n) is 4.59. The second-order valence-electron chi connectivity index (χ2n) is 6.89. The summed E-state index contributed by atoms with van der Waals surface area (Å²) >= 11 is 12.7. The fraction of sp³-hybridized carbons (Fsp3) is 0.238. The van der Waals surface area contributed by atoms with Gasteiger partial charge in [0.05, 0.1) is 0 Å². The second kappa shape index (κ2) is 6.26. The molecule has 134 valence electrons. The number of halogens is 2. The Morgan fingerprint density at radius 3 is 2.19 bits per heavy atom. The van der Waals surface area contributed by atoms with E-state index in [-0.39, 0.29) is 5.76 Å². The van der Waals surface area contributed by atoms with Gasteiger partial charge < -0.3 is 4.74 Å². The number of hydrogen-bond donors (Lipinski definition) is 0. The smallest absolute Gasteiger partial charge is 0.229 e. The van der Waals surface area contributed by atoms with Crippen LogP contribution < -0.4 is 0 Å². The van der Waals surface area contributed by atoms with Gasteiger partial charge in [-0.05, 0) is 61.2 Å². The zero-order chi connectivity index (χ0) is 19.3. The molecule has 0 N–H and O–H groups in total. The molecule has 0 radical (unpaired) electrons. The number of ether oxygens (including phenoxy) is 1. The van der Waals surface area contributed by atoms with Crippen molar-refractivity contribution in [2.45, 2.75) is 31.2 Å². The van der Waals surface area contributed by atoms with Crippen LogP contribution in [0.1, 0.15) is 25.0 Å². The van der Waals surface area contributed by atoms with Crippen LogP contribution in [0.2, 0.25) is 5.02 Å². The van der Waals surface area contributed by atoms with E-state index in [0.29, 0.717) is 10.6 Å². The summed E-state index contributed by atoms with van der Waals surface area (Å²) in [6.45, 7) is 8.63. The molecule has 1 aliphatic rings. The molecule has 5 heteroatoms. The summed E-state index contributed by atoms with van der Waals surface area (Å²) in [7, 11) is 0. The van der Waals surface area contributed by atoms with Crippen LogP contribution in [-0.4, -0.2) is 17.2 Å². The third-order valence-corrected chi connectivity index (χ3v) is 5.39. The molecular weight excluding hydrogens is 371 g/mol. The van der Waals surface area contributed by atoms with Gasteiger partial charge in [-0.15, -0.1) is 0 Å².